The van der Waals surface area contributed by atoms with Gasteiger partial charge in [0, 0.05) is 24.5 Å². The number of hydrogen-bond acceptors (Lipinski definition) is 4. The van der Waals surface area contributed by atoms with Crippen LogP contribution < -0.4 is 9.62 Å². The van der Waals surface area contributed by atoms with E-state index in [4.69, 9.17) is 11.6 Å². The van der Waals surface area contributed by atoms with E-state index < -0.39 is 40.2 Å². The van der Waals surface area contributed by atoms with Crippen LogP contribution in [0.4, 0.5) is 10.1 Å². The number of carbonyl (C=O) groups excluding carboxylic acids is 2. The van der Waals surface area contributed by atoms with Crippen LogP contribution in [0.1, 0.15) is 18.1 Å². The molecule has 0 spiro atoms. The predicted octanol–water partition coefficient (Wildman–Crippen LogP) is 5.45. The van der Waals surface area contributed by atoms with Crippen molar-refractivity contribution in [2.75, 3.05) is 17.4 Å². The van der Waals surface area contributed by atoms with Crippen LogP contribution in [0.3, 0.4) is 0 Å². The molecule has 4 aromatic carbocycles. The van der Waals surface area contributed by atoms with Crippen LogP contribution in [0.15, 0.2) is 114 Å². The maximum Gasteiger partial charge on any atom is 0.264 e. The summed E-state index contributed by atoms with van der Waals surface area (Å²) in [6.07, 6.45) is 0.171. The van der Waals surface area contributed by atoms with E-state index in [2.05, 4.69) is 5.32 Å². The molecule has 2 amide bonds. The van der Waals surface area contributed by atoms with Gasteiger partial charge in [-0.25, -0.2) is 12.8 Å². The number of carbonyl (C=O) groups is 2. The number of rotatable bonds is 12. The molecule has 0 saturated heterocycles. The van der Waals surface area contributed by atoms with Crippen LogP contribution >= 0.6 is 11.6 Å². The van der Waals surface area contributed by atoms with Gasteiger partial charge in [-0.05, 0) is 54.4 Å². The average Bonchev–Trinajstić information content (AvgIpc) is 2.99. The van der Waals surface area contributed by atoms with Gasteiger partial charge < -0.3 is 10.2 Å². The minimum atomic E-state index is -4.38. The van der Waals surface area contributed by atoms with E-state index in [0.717, 1.165) is 15.9 Å². The first kappa shape index (κ1) is 30.7. The third-order valence-electron chi connectivity index (χ3n) is 6.60. The lowest BCUT2D eigenvalue weighted by Crippen LogP contribution is -2.53. The second kappa shape index (κ2) is 14.1. The number of benzene rings is 4. The fraction of sp³-hybridized carbons (Fsp3) is 0.188. The van der Waals surface area contributed by atoms with E-state index in [-0.39, 0.29) is 23.5 Å². The van der Waals surface area contributed by atoms with Crippen LogP contribution in [0.2, 0.25) is 5.02 Å². The lowest BCUT2D eigenvalue weighted by molar-refractivity contribution is -0.140. The molecule has 0 unspecified atom stereocenters. The van der Waals surface area contributed by atoms with Gasteiger partial charge in [-0.1, -0.05) is 84.4 Å². The quantitative estimate of drug-likeness (QED) is 0.232. The third-order valence-corrected chi connectivity index (χ3v) is 8.60. The van der Waals surface area contributed by atoms with Gasteiger partial charge in [0.1, 0.15) is 18.4 Å². The summed E-state index contributed by atoms with van der Waals surface area (Å²) in [7, 11) is -4.38. The largest absolute Gasteiger partial charge is 0.355 e. The average molecular weight is 608 g/mol. The van der Waals surface area contributed by atoms with Gasteiger partial charge in [-0.2, -0.15) is 0 Å². The summed E-state index contributed by atoms with van der Waals surface area (Å²) in [5.74, 6) is -1.90. The fourth-order valence-electron chi connectivity index (χ4n) is 4.57. The molecule has 0 aliphatic rings. The second-order valence-electron chi connectivity index (χ2n) is 9.53. The standard InChI is InChI=1S/C32H31ClFN3O4S/c1-2-35-32(39)30(21-24-12-5-3-6-13-24)36(22-25-14-11-15-26(33)20-25)31(38)23-37(29-19-10-9-18-28(29)34)42(40,41)27-16-7-4-8-17-27/h3-20,30H,2,21-23H2,1H3,(H,35,39)/t30-/m0/s1. The van der Waals surface area contributed by atoms with Gasteiger partial charge in [-0.3, -0.25) is 13.9 Å². The SMILES string of the molecule is CCNC(=O)[C@H](Cc1ccccc1)N(Cc1cccc(Cl)c1)C(=O)CN(c1ccccc1F)S(=O)(=O)c1ccccc1. The van der Waals surface area contributed by atoms with E-state index in [1.165, 1.54) is 35.2 Å². The minimum absolute atomic E-state index is 0.0372. The van der Waals surface area contributed by atoms with Crippen molar-refractivity contribution >= 4 is 39.1 Å². The Balaban J connectivity index is 1.80. The molecule has 0 bridgehead atoms. The van der Waals surface area contributed by atoms with Gasteiger partial charge in [-0.15, -0.1) is 0 Å². The van der Waals surface area contributed by atoms with Gasteiger partial charge in [0.15, 0.2) is 0 Å². The monoisotopic (exact) mass is 607 g/mol. The first-order valence-electron chi connectivity index (χ1n) is 13.4. The zero-order valence-corrected chi connectivity index (χ0v) is 24.6. The van der Waals surface area contributed by atoms with E-state index in [0.29, 0.717) is 17.1 Å². The summed E-state index contributed by atoms with van der Waals surface area (Å²) in [4.78, 5) is 28.9. The number of amides is 2. The highest BCUT2D eigenvalue weighted by molar-refractivity contribution is 7.92. The maximum absolute atomic E-state index is 15.1. The Labute approximate surface area is 250 Å². The normalized spacial score (nSPS) is 11.9. The molecular formula is C32H31ClFN3O4S. The third kappa shape index (κ3) is 7.54. The lowest BCUT2D eigenvalue weighted by Gasteiger charge is -2.34. The van der Waals surface area contributed by atoms with E-state index >= 15 is 4.39 Å². The molecule has 0 heterocycles. The van der Waals surface area contributed by atoms with Crippen molar-refractivity contribution in [3.63, 3.8) is 0 Å². The van der Waals surface area contributed by atoms with Crippen molar-refractivity contribution in [3.05, 3.63) is 131 Å². The zero-order chi connectivity index (χ0) is 30.1. The fourth-order valence-corrected chi connectivity index (χ4v) is 6.22. The number of para-hydroxylation sites is 1. The van der Waals surface area contributed by atoms with Gasteiger partial charge >= 0.3 is 0 Å². The van der Waals surface area contributed by atoms with Gasteiger partial charge in [0.05, 0.1) is 10.6 Å². The molecule has 0 fully saturated rings. The van der Waals surface area contributed by atoms with Crippen LogP contribution in [0.25, 0.3) is 0 Å². The molecule has 7 nitrogen and oxygen atoms in total. The zero-order valence-electron chi connectivity index (χ0n) is 23.0. The summed E-state index contributed by atoms with van der Waals surface area (Å²) >= 11 is 6.23. The number of hydrogen-bond donors (Lipinski definition) is 1. The van der Waals surface area contributed by atoms with Crippen LogP contribution in [0, 0.1) is 5.82 Å². The Morgan fingerprint density at radius 2 is 1.48 bits per heavy atom. The number of anilines is 1. The van der Waals surface area contributed by atoms with Gasteiger partial charge in [0.25, 0.3) is 10.0 Å². The molecule has 0 radical (unpaired) electrons. The molecule has 10 heteroatoms. The summed E-state index contributed by atoms with van der Waals surface area (Å²) in [5, 5.41) is 3.24. The van der Waals surface area contributed by atoms with Gasteiger partial charge in [0.2, 0.25) is 11.8 Å². The first-order chi connectivity index (χ1) is 20.2. The summed E-state index contributed by atoms with van der Waals surface area (Å²) in [6, 6.07) is 27.9. The Kier molecular flexibility index (Phi) is 10.3. The molecule has 42 heavy (non-hydrogen) atoms. The molecule has 4 rings (SSSR count). The molecule has 218 valence electrons. The Bertz CT molecular complexity index is 1620. The minimum Gasteiger partial charge on any atom is -0.355 e. The summed E-state index contributed by atoms with van der Waals surface area (Å²) < 4.78 is 43.5. The molecule has 0 aromatic heterocycles. The van der Waals surface area contributed by atoms with Crippen molar-refractivity contribution in [2.45, 2.75) is 30.8 Å². The number of halogens is 2. The van der Waals surface area contributed by atoms with Crippen LogP contribution in [-0.2, 0) is 32.6 Å². The van der Waals surface area contributed by atoms with E-state index in [1.54, 1.807) is 49.4 Å². The highest BCUT2D eigenvalue weighted by Gasteiger charge is 2.35. The van der Waals surface area contributed by atoms with Crippen molar-refractivity contribution in [1.82, 2.24) is 10.2 Å². The number of nitrogens with one attached hydrogen (secondary N) is 1. The Morgan fingerprint density at radius 1 is 0.857 bits per heavy atom. The number of likely N-dealkylation sites (N-methyl/N-ethyl adjacent to an activating group) is 1. The molecule has 0 aliphatic carbocycles. The highest BCUT2D eigenvalue weighted by atomic mass is 35.5. The summed E-state index contributed by atoms with van der Waals surface area (Å²) in [5.41, 5.74) is 1.16. The molecule has 0 aliphatic heterocycles. The molecule has 0 saturated carbocycles. The van der Waals surface area contributed by atoms with Crippen molar-refractivity contribution in [2.24, 2.45) is 0 Å². The number of sulfonamides is 1. The van der Waals surface area contributed by atoms with Crippen molar-refractivity contribution in [3.8, 4) is 0 Å². The maximum atomic E-state index is 15.1. The number of nitrogens with zero attached hydrogens (tertiary/aromatic N) is 2. The lowest BCUT2D eigenvalue weighted by atomic mass is 10.0. The van der Waals surface area contributed by atoms with Crippen LogP contribution in [0.5, 0.6) is 0 Å². The molecule has 4 aromatic rings. The Hall–Kier alpha value is -4.21. The smallest absolute Gasteiger partial charge is 0.264 e. The van der Waals surface area contributed by atoms with Crippen LogP contribution in [-0.4, -0.2) is 44.3 Å². The van der Waals surface area contributed by atoms with Crippen molar-refractivity contribution in [1.29, 1.82) is 0 Å². The summed E-state index contributed by atoms with van der Waals surface area (Å²) in [6.45, 7) is 1.31. The molecule has 1 atom stereocenters. The molecule has 1 N–H and O–H groups in total. The predicted molar refractivity (Wildman–Crippen MR) is 162 cm³/mol. The Morgan fingerprint density at radius 3 is 2.12 bits per heavy atom. The topological polar surface area (TPSA) is 86.8 Å². The first-order valence-corrected chi connectivity index (χ1v) is 15.2. The molecular weight excluding hydrogens is 577 g/mol. The van der Waals surface area contributed by atoms with E-state index in [9.17, 15) is 18.0 Å². The van der Waals surface area contributed by atoms with Crippen molar-refractivity contribution < 1.29 is 22.4 Å². The highest BCUT2D eigenvalue weighted by Crippen LogP contribution is 2.27. The van der Waals surface area contributed by atoms with E-state index in [1.807, 2.05) is 30.3 Å². The second-order valence-corrected chi connectivity index (χ2v) is 11.8.